The predicted molar refractivity (Wildman–Crippen MR) is 89.8 cm³/mol. The summed E-state index contributed by atoms with van der Waals surface area (Å²) < 4.78 is 21.9. The van der Waals surface area contributed by atoms with Crippen molar-refractivity contribution in [3.05, 3.63) is 35.9 Å². The molecule has 2 rings (SSSR count). The van der Waals surface area contributed by atoms with Gasteiger partial charge in [-0.1, -0.05) is 12.1 Å². The van der Waals surface area contributed by atoms with Crippen LogP contribution in [0.5, 0.6) is 0 Å². The van der Waals surface area contributed by atoms with Crippen LogP contribution >= 0.6 is 0 Å². The van der Waals surface area contributed by atoms with E-state index in [1.807, 2.05) is 24.3 Å². The number of amides is 2. The molecule has 0 aliphatic carbocycles. The molecular formula is C16H20N2O4S. The Morgan fingerprint density at radius 3 is 2.57 bits per heavy atom. The first kappa shape index (κ1) is 17.2. The first-order chi connectivity index (χ1) is 10.8. The van der Waals surface area contributed by atoms with E-state index in [2.05, 4.69) is 5.32 Å². The molecule has 1 heterocycles. The monoisotopic (exact) mass is 336 g/mol. The number of nitrogens with zero attached hydrogens (tertiary/aromatic N) is 1. The Morgan fingerprint density at radius 2 is 2.00 bits per heavy atom. The van der Waals surface area contributed by atoms with Crippen molar-refractivity contribution in [2.24, 2.45) is 0 Å². The van der Waals surface area contributed by atoms with Crippen LogP contribution in [0.2, 0.25) is 0 Å². The molecule has 124 valence electrons. The molecule has 1 N–H and O–H groups in total. The highest BCUT2D eigenvalue weighted by Crippen LogP contribution is 2.21. The fourth-order valence-electron chi connectivity index (χ4n) is 2.28. The molecule has 1 aliphatic heterocycles. The molecule has 0 spiro atoms. The van der Waals surface area contributed by atoms with E-state index < -0.39 is 9.84 Å². The van der Waals surface area contributed by atoms with Gasteiger partial charge in [0.25, 0.3) is 0 Å². The number of carbonyl (C=O) groups is 2. The summed E-state index contributed by atoms with van der Waals surface area (Å²) in [5.41, 5.74) is 1.70. The van der Waals surface area contributed by atoms with Crippen LogP contribution < -0.4 is 10.2 Å². The maximum Gasteiger partial charge on any atom is 0.244 e. The number of rotatable bonds is 6. The van der Waals surface area contributed by atoms with E-state index in [0.717, 1.165) is 30.5 Å². The third-order valence-electron chi connectivity index (χ3n) is 3.48. The fraction of sp³-hybridized carbons (Fsp3) is 0.375. The summed E-state index contributed by atoms with van der Waals surface area (Å²) in [6.45, 7) is 0.842. The van der Waals surface area contributed by atoms with Crippen molar-refractivity contribution in [1.29, 1.82) is 0 Å². The highest BCUT2D eigenvalue weighted by atomic mass is 32.2. The zero-order valence-electron chi connectivity index (χ0n) is 13.0. The molecule has 1 aromatic carbocycles. The van der Waals surface area contributed by atoms with Crippen LogP contribution in [0.4, 0.5) is 5.69 Å². The van der Waals surface area contributed by atoms with Gasteiger partial charge in [0.2, 0.25) is 11.8 Å². The molecule has 1 fully saturated rings. The summed E-state index contributed by atoms with van der Waals surface area (Å²) in [4.78, 5) is 25.0. The topological polar surface area (TPSA) is 83.6 Å². The number of hydrogen-bond donors (Lipinski definition) is 1. The van der Waals surface area contributed by atoms with Crippen molar-refractivity contribution >= 4 is 33.4 Å². The summed E-state index contributed by atoms with van der Waals surface area (Å²) >= 11 is 0. The second-order valence-electron chi connectivity index (χ2n) is 5.49. The van der Waals surface area contributed by atoms with Crippen molar-refractivity contribution < 1.29 is 18.0 Å². The summed E-state index contributed by atoms with van der Waals surface area (Å²) in [5.74, 6) is -0.281. The Balaban J connectivity index is 1.87. The van der Waals surface area contributed by atoms with E-state index in [1.54, 1.807) is 11.0 Å². The average Bonchev–Trinajstić information content (AvgIpc) is 2.90. The van der Waals surface area contributed by atoms with Gasteiger partial charge in [0.1, 0.15) is 9.84 Å². The standard InChI is InChI=1S/C16H20N2O4S/c1-23(21,22)12-10-17-15(19)9-6-13-4-7-14(8-5-13)18-11-2-3-16(18)20/h4-9H,2-3,10-12H2,1H3,(H,17,19)/b9-6+. The van der Waals surface area contributed by atoms with Crippen LogP contribution in [0.3, 0.4) is 0 Å². The highest BCUT2D eigenvalue weighted by Gasteiger charge is 2.21. The van der Waals surface area contributed by atoms with Crippen LogP contribution in [0, 0.1) is 0 Å². The minimum absolute atomic E-state index is 0.0782. The van der Waals surface area contributed by atoms with Gasteiger partial charge in [-0.2, -0.15) is 0 Å². The molecule has 6 nitrogen and oxygen atoms in total. The minimum atomic E-state index is -3.08. The van der Waals surface area contributed by atoms with Crippen LogP contribution in [0.15, 0.2) is 30.3 Å². The molecule has 23 heavy (non-hydrogen) atoms. The molecule has 1 aromatic rings. The van der Waals surface area contributed by atoms with Gasteiger partial charge in [-0.05, 0) is 30.2 Å². The second-order valence-corrected chi connectivity index (χ2v) is 7.75. The van der Waals surface area contributed by atoms with E-state index in [4.69, 9.17) is 0 Å². The van der Waals surface area contributed by atoms with Gasteiger partial charge in [0.15, 0.2) is 0 Å². The molecule has 0 radical (unpaired) electrons. The maximum absolute atomic E-state index is 11.7. The number of hydrogen-bond acceptors (Lipinski definition) is 4. The van der Waals surface area contributed by atoms with Gasteiger partial charge < -0.3 is 10.2 Å². The minimum Gasteiger partial charge on any atom is -0.352 e. The fourth-order valence-corrected chi connectivity index (χ4v) is 2.75. The Labute approximate surface area is 136 Å². The Bertz CT molecular complexity index is 708. The first-order valence-corrected chi connectivity index (χ1v) is 9.45. The lowest BCUT2D eigenvalue weighted by atomic mass is 10.2. The van der Waals surface area contributed by atoms with E-state index in [-0.39, 0.29) is 24.1 Å². The van der Waals surface area contributed by atoms with Gasteiger partial charge >= 0.3 is 0 Å². The highest BCUT2D eigenvalue weighted by molar-refractivity contribution is 7.90. The van der Waals surface area contributed by atoms with Gasteiger partial charge in [-0.25, -0.2) is 8.42 Å². The van der Waals surface area contributed by atoms with Crippen LogP contribution in [-0.2, 0) is 19.4 Å². The SMILES string of the molecule is CS(=O)(=O)CCNC(=O)/C=C/c1ccc(N2CCCC2=O)cc1. The molecule has 7 heteroatoms. The lowest BCUT2D eigenvalue weighted by Crippen LogP contribution is -2.27. The molecule has 0 unspecified atom stereocenters. The molecule has 0 bridgehead atoms. The van der Waals surface area contributed by atoms with E-state index in [9.17, 15) is 18.0 Å². The Morgan fingerprint density at radius 1 is 1.30 bits per heavy atom. The smallest absolute Gasteiger partial charge is 0.244 e. The molecule has 0 atom stereocenters. The van der Waals surface area contributed by atoms with E-state index in [0.29, 0.717) is 6.42 Å². The van der Waals surface area contributed by atoms with Crippen molar-refractivity contribution in [3.8, 4) is 0 Å². The number of benzene rings is 1. The zero-order chi connectivity index (χ0) is 16.9. The maximum atomic E-state index is 11.7. The Kier molecular flexibility index (Phi) is 5.54. The molecular weight excluding hydrogens is 316 g/mol. The van der Waals surface area contributed by atoms with Gasteiger partial charge in [0, 0.05) is 37.5 Å². The number of sulfone groups is 1. The largest absolute Gasteiger partial charge is 0.352 e. The summed E-state index contributed by atoms with van der Waals surface area (Å²) in [7, 11) is -3.08. The van der Waals surface area contributed by atoms with Crippen LogP contribution in [-0.4, -0.2) is 45.3 Å². The zero-order valence-corrected chi connectivity index (χ0v) is 13.8. The van der Waals surface area contributed by atoms with Gasteiger partial charge in [-0.15, -0.1) is 0 Å². The third kappa shape index (κ3) is 5.52. The van der Waals surface area contributed by atoms with E-state index >= 15 is 0 Å². The van der Waals surface area contributed by atoms with Crippen molar-refractivity contribution in [3.63, 3.8) is 0 Å². The first-order valence-electron chi connectivity index (χ1n) is 7.39. The van der Waals surface area contributed by atoms with Gasteiger partial charge in [0.05, 0.1) is 5.75 Å². The summed E-state index contributed by atoms with van der Waals surface area (Å²) in [5, 5.41) is 2.51. The van der Waals surface area contributed by atoms with Crippen LogP contribution in [0.25, 0.3) is 6.08 Å². The Hall–Kier alpha value is -2.15. The van der Waals surface area contributed by atoms with Crippen molar-refractivity contribution in [2.45, 2.75) is 12.8 Å². The summed E-state index contributed by atoms with van der Waals surface area (Å²) in [6, 6.07) is 7.37. The molecule has 0 saturated carbocycles. The second kappa shape index (κ2) is 7.41. The molecule has 0 aromatic heterocycles. The lowest BCUT2D eigenvalue weighted by molar-refractivity contribution is -0.117. The molecule has 1 aliphatic rings. The molecule has 1 saturated heterocycles. The predicted octanol–water partition coefficient (Wildman–Crippen LogP) is 0.987. The quantitative estimate of drug-likeness (QED) is 0.785. The van der Waals surface area contributed by atoms with E-state index in [1.165, 1.54) is 6.08 Å². The molecule has 2 amide bonds. The number of anilines is 1. The number of carbonyl (C=O) groups excluding carboxylic acids is 2. The van der Waals surface area contributed by atoms with Crippen molar-refractivity contribution in [2.75, 3.05) is 30.0 Å². The van der Waals surface area contributed by atoms with Crippen LogP contribution in [0.1, 0.15) is 18.4 Å². The lowest BCUT2D eigenvalue weighted by Gasteiger charge is -2.15. The van der Waals surface area contributed by atoms with Crippen molar-refractivity contribution in [1.82, 2.24) is 5.32 Å². The van der Waals surface area contributed by atoms with Gasteiger partial charge in [-0.3, -0.25) is 9.59 Å². The third-order valence-corrected chi connectivity index (χ3v) is 4.42. The average molecular weight is 336 g/mol. The summed E-state index contributed by atoms with van der Waals surface area (Å²) in [6.07, 6.45) is 5.61. The normalized spacial score (nSPS) is 15.3. The number of nitrogens with one attached hydrogen (secondary N) is 1.